The van der Waals surface area contributed by atoms with Crippen molar-refractivity contribution < 1.29 is 9.53 Å². The van der Waals surface area contributed by atoms with Crippen LogP contribution in [0.1, 0.15) is 23.2 Å². The van der Waals surface area contributed by atoms with Gasteiger partial charge in [-0.25, -0.2) is 9.97 Å². The number of aromatic nitrogens is 2. The molecule has 2 aromatic heterocycles. The maximum atomic E-state index is 13.2. The number of thiazole rings is 1. The molecule has 1 aliphatic rings. The Labute approximate surface area is 164 Å². The highest BCUT2D eigenvalue weighted by atomic mass is 35.5. The zero-order valence-electron chi connectivity index (χ0n) is 13.7. The normalized spacial score (nSPS) is 16.9. The summed E-state index contributed by atoms with van der Waals surface area (Å²) in [6.45, 7) is 1.16. The Balaban J connectivity index is 1.72. The second-order valence-electron chi connectivity index (χ2n) is 6.02. The van der Waals surface area contributed by atoms with E-state index in [1.807, 2.05) is 24.3 Å². The lowest BCUT2D eigenvalue weighted by Gasteiger charge is -2.23. The van der Waals surface area contributed by atoms with Gasteiger partial charge in [0.05, 0.1) is 22.9 Å². The molecular weight excluding hydrogens is 393 g/mol. The predicted octanol–water partition coefficient (Wildman–Crippen LogP) is 4.82. The molecule has 0 N–H and O–H groups in total. The van der Waals surface area contributed by atoms with Crippen molar-refractivity contribution in [1.82, 2.24) is 9.97 Å². The summed E-state index contributed by atoms with van der Waals surface area (Å²) in [4.78, 5) is 23.4. The molecule has 0 bridgehead atoms. The summed E-state index contributed by atoms with van der Waals surface area (Å²) in [5.74, 6) is -0.217. The number of rotatable bonds is 4. The monoisotopic (exact) mass is 407 g/mol. The lowest BCUT2D eigenvalue weighted by Crippen LogP contribution is -2.37. The van der Waals surface area contributed by atoms with Crippen molar-refractivity contribution in [2.75, 3.05) is 18.1 Å². The van der Waals surface area contributed by atoms with Crippen LogP contribution in [0.25, 0.3) is 10.2 Å². The van der Waals surface area contributed by atoms with Gasteiger partial charge in [-0.3, -0.25) is 9.69 Å². The summed E-state index contributed by atoms with van der Waals surface area (Å²) in [7, 11) is 0. The van der Waals surface area contributed by atoms with Gasteiger partial charge in [-0.1, -0.05) is 46.7 Å². The van der Waals surface area contributed by atoms with Crippen LogP contribution in [0, 0.1) is 0 Å². The molecule has 26 heavy (non-hydrogen) atoms. The van der Waals surface area contributed by atoms with Gasteiger partial charge in [0.2, 0.25) is 0 Å². The molecule has 3 aromatic rings. The molecule has 134 valence electrons. The molecule has 1 unspecified atom stereocenters. The second-order valence-corrected chi connectivity index (χ2v) is 7.80. The maximum absolute atomic E-state index is 13.2. The van der Waals surface area contributed by atoms with Gasteiger partial charge in [-0.15, -0.1) is 0 Å². The third kappa shape index (κ3) is 3.69. The van der Waals surface area contributed by atoms with E-state index in [4.69, 9.17) is 27.9 Å². The van der Waals surface area contributed by atoms with E-state index < -0.39 is 0 Å². The fraction of sp³-hybridized carbons (Fsp3) is 0.278. The molecule has 8 heteroatoms. The summed E-state index contributed by atoms with van der Waals surface area (Å²) < 4.78 is 6.76. The van der Waals surface area contributed by atoms with Crippen molar-refractivity contribution in [3.63, 3.8) is 0 Å². The minimum Gasteiger partial charge on any atom is -0.376 e. The minimum absolute atomic E-state index is 0.00116. The molecule has 0 radical (unpaired) electrons. The van der Waals surface area contributed by atoms with E-state index in [9.17, 15) is 4.79 Å². The third-order valence-corrected chi connectivity index (χ3v) is 5.63. The first kappa shape index (κ1) is 17.7. The molecule has 4 rings (SSSR count). The van der Waals surface area contributed by atoms with Crippen molar-refractivity contribution in [2.24, 2.45) is 0 Å². The summed E-state index contributed by atoms with van der Waals surface area (Å²) in [5, 5.41) is 1.00. The molecule has 1 fully saturated rings. The van der Waals surface area contributed by atoms with E-state index in [0.29, 0.717) is 17.2 Å². The number of pyridine rings is 1. The van der Waals surface area contributed by atoms with Crippen LogP contribution >= 0.6 is 34.5 Å². The molecule has 5 nitrogen and oxygen atoms in total. The maximum Gasteiger partial charge on any atom is 0.260 e. The Morgan fingerprint density at radius 3 is 2.69 bits per heavy atom. The van der Waals surface area contributed by atoms with Gasteiger partial charge in [-0.2, -0.15) is 0 Å². The van der Waals surface area contributed by atoms with Gasteiger partial charge in [0.25, 0.3) is 5.91 Å². The van der Waals surface area contributed by atoms with Gasteiger partial charge in [0.1, 0.15) is 10.3 Å². The first-order chi connectivity index (χ1) is 12.6. The fourth-order valence-corrected chi connectivity index (χ4v) is 4.39. The first-order valence-corrected chi connectivity index (χ1v) is 9.79. The van der Waals surface area contributed by atoms with Crippen molar-refractivity contribution >= 4 is 55.8 Å². The average molecular weight is 408 g/mol. The highest BCUT2D eigenvalue weighted by Gasteiger charge is 2.27. The summed E-state index contributed by atoms with van der Waals surface area (Å²) in [5.41, 5.74) is 1.25. The number of nitrogens with zero attached hydrogens (tertiary/aromatic N) is 3. The molecule has 0 spiro atoms. The van der Waals surface area contributed by atoms with Gasteiger partial charge in [0, 0.05) is 12.2 Å². The molecule has 1 aliphatic heterocycles. The van der Waals surface area contributed by atoms with Crippen LogP contribution in [0.4, 0.5) is 5.13 Å². The Morgan fingerprint density at radius 2 is 2.00 bits per heavy atom. The summed E-state index contributed by atoms with van der Waals surface area (Å²) in [6, 6.07) is 10.9. The lowest BCUT2D eigenvalue weighted by molar-refractivity contribution is 0.0917. The number of benzene rings is 1. The van der Waals surface area contributed by atoms with E-state index in [-0.39, 0.29) is 22.3 Å². The molecule has 1 amide bonds. The molecular formula is C18H15Cl2N3O2S. The highest BCUT2D eigenvalue weighted by Crippen LogP contribution is 2.31. The van der Waals surface area contributed by atoms with E-state index in [0.717, 1.165) is 29.7 Å². The molecule has 0 aliphatic carbocycles. The topological polar surface area (TPSA) is 55.3 Å². The van der Waals surface area contributed by atoms with Crippen molar-refractivity contribution in [3.8, 4) is 0 Å². The average Bonchev–Trinajstić information content (AvgIpc) is 3.27. The van der Waals surface area contributed by atoms with E-state index >= 15 is 0 Å². The Morgan fingerprint density at radius 1 is 1.23 bits per heavy atom. The van der Waals surface area contributed by atoms with Gasteiger partial charge in [-0.05, 0) is 37.1 Å². The Kier molecular flexibility index (Phi) is 5.09. The number of anilines is 1. The summed E-state index contributed by atoms with van der Waals surface area (Å²) in [6.07, 6.45) is 1.92. The number of carbonyl (C=O) groups excluding carboxylic acids is 1. The van der Waals surface area contributed by atoms with Gasteiger partial charge >= 0.3 is 0 Å². The van der Waals surface area contributed by atoms with Crippen molar-refractivity contribution in [3.05, 3.63) is 52.3 Å². The van der Waals surface area contributed by atoms with Crippen molar-refractivity contribution in [1.29, 1.82) is 0 Å². The van der Waals surface area contributed by atoms with Crippen LogP contribution in [-0.4, -0.2) is 35.1 Å². The number of para-hydroxylation sites is 1. The molecule has 0 saturated carbocycles. The Bertz CT molecular complexity index is 903. The number of fused-ring (bicyclic) bond motifs is 1. The largest absolute Gasteiger partial charge is 0.376 e. The van der Waals surface area contributed by atoms with Crippen molar-refractivity contribution in [2.45, 2.75) is 18.9 Å². The quantitative estimate of drug-likeness (QED) is 0.581. The first-order valence-electron chi connectivity index (χ1n) is 8.22. The third-order valence-electron chi connectivity index (χ3n) is 4.18. The standard InChI is InChI=1S/C18H15Cl2N3O2S/c19-15-8-11(9-16(20)22-15)17(24)23(10-12-4-3-7-25-12)18-21-13-5-1-2-6-14(13)26-18/h1-2,5-6,8-9,12H,3-4,7,10H2. The number of hydrogen-bond donors (Lipinski definition) is 0. The number of hydrogen-bond acceptors (Lipinski definition) is 5. The second kappa shape index (κ2) is 7.48. The van der Waals surface area contributed by atoms with Crippen LogP contribution in [0.5, 0.6) is 0 Å². The summed E-state index contributed by atoms with van der Waals surface area (Å²) >= 11 is 13.4. The fourth-order valence-electron chi connectivity index (χ4n) is 2.96. The van der Waals surface area contributed by atoms with Crippen LogP contribution in [0.15, 0.2) is 36.4 Å². The van der Waals surface area contributed by atoms with Gasteiger partial charge < -0.3 is 4.74 Å². The highest BCUT2D eigenvalue weighted by molar-refractivity contribution is 7.22. The van der Waals surface area contributed by atoms with Gasteiger partial charge in [0.15, 0.2) is 5.13 Å². The molecule has 1 saturated heterocycles. The van der Waals surface area contributed by atoms with Crippen LogP contribution in [-0.2, 0) is 4.74 Å². The lowest BCUT2D eigenvalue weighted by atomic mass is 10.2. The molecule has 1 aromatic carbocycles. The zero-order valence-corrected chi connectivity index (χ0v) is 16.0. The smallest absolute Gasteiger partial charge is 0.260 e. The predicted molar refractivity (Wildman–Crippen MR) is 105 cm³/mol. The molecule has 3 heterocycles. The SMILES string of the molecule is O=C(c1cc(Cl)nc(Cl)c1)N(CC1CCCO1)c1nc2ccccc2s1. The van der Waals surface area contributed by atoms with E-state index in [1.165, 1.54) is 23.5 Å². The number of halogens is 2. The zero-order chi connectivity index (χ0) is 18.1. The minimum atomic E-state index is -0.217. The number of carbonyl (C=O) groups is 1. The van der Waals surface area contributed by atoms with Crippen LogP contribution < -0.4 is 4.90 Å². The van der Waals surface area contributed by atoms with Crippen LogP contribution in [0.2, 0.25) is 10.3 Å². The van der Waals surface area contributed by atoms with E-state index in [1.54, 1.807) is 4.90 Å². The van der Waals surface area contributed by atoms with Crippen LogP contribution in [0.3, 0.4) is 0 Å². The van der Waals surface area contributed by atoms with E-state index in [2.05, 4.69) is 9.97 Å². The number of ether oxygens (including phenoxy) is 1. The number of amides is 1. The Hall–Kier alpha value is -1.73. The molecule has 1 atom stereocenters.